The molecule has 0 radical (unpaired) electrons. The fraction of sp³-hybridized carbons (Fsp3) is 0.286. The Balaban J connectivity index is 1.20. The molecule has 0 atom stereocenters. The van der Waals surface area contributed by atoms with Crippen LogP contribution in [0.25, 0.3) is 21.9 Å². The fourth-order valence-corrected chi connectivity index (χ4v) is 4.85. The summed E-state index contributed by atoms with van der Waals surface area (Å²) in [6.07, 6.45) is 7.98. The molecule has 3 aromatic heterocycles. The zero-order valence-corrected chi connectivity index (χ0v) is 16.0. The summed E-state index contributed by atoms with van der Waals surface area (Å²) in [6, 6.07) is 13.2. The van der Waals surface area contributed by atoms with E-state index in [0.29, 0.717) is 6.04 Å². The minimum absolute atomic E-state index is 0.554. The molecule has 0 unspecified atom stereocenters. The van der Waals surface area contributed by atoms with Crippen LogP contribution in [0.4, 0.5) is 5.82 Å². The summed E-state index contributed by atoms with van der Waals surface area (Å²) in [5, 5.41) is 2.31. The number of fused-ring (bicyclic) bond motifs is 2. The Bertz CT molecular complexity index is 1090. The lowest BCUT2D eigenvalue weighted by molar-refractivity contribution is 0.286. The van der Waals surface area contributed by atoms with E-state index in [4.69, 9.17) is 0 Å². The van der Waals surface area contributed by atoms with Crippen LogP contribution in [0.3, 0.4) is 0 Å². The zero-order chi connectivity index (χ0) is 18.2. The molecule has 0 amide bonds. The minimum atomic E-state index is 0.554. The van der Waals surface area contributed by atoms with Crippen molar-refractivity contribution in [3.8, 4) is 0 Å². The van der Waals surface area contributed by atoms with Gasteiger partial charge in [0.15, 0.2) is 0 Å². The number of aromatic nitrogens is 4. The number of rotatable bonds is 5. The van der Waals surface area contributed by atoms with E-state index in [9.17, 15) is 0 Å². The number of nitrogens with zero attached hydrogens (tertiary/aromatic N) is 4. The van der Waals surface area contributed by atoms with Crippen LogP contribution in [0.2, 0.25) is 0 Å². The van der Waals surface area contributed by atoms with Crippen molar-refractivity contribution in [2.75, 3.05) is 17.7 Å². The summed E-state index contributed by atoms with van der Waals surface area (Å²) in [7, 11) is 2.15. The number of aromatic amines is 1. The number of para-hydroxylation sites is 1. The number of anilines is 1. The zero-order valence-electron chi connectivity index (χ0n) is 15.2. The van der Waals surface area contributed by atoms with E-state index >= 15 is 0 Å². The van der Waals surface area contributed by atoms with Gasteiger partial charge in [0.25, 0.3) is 0 Å². The standard InChI is InChI=1S/C21H21N5S/c1-26(21-18-6-7-22-20(18)24-13-25-21)16-8-14(9-16)12-27-17-10-15-4-2-3-5-19(15)23-11-17/h2-7,10-11,13-14,16H,8-9,12H2,1H3,(H,22,24,25). The Morgan fingerprint density at radius 1 is 1.15 bits per heavy atom. The van der Waals surface area contributed by atoms with Crippen LogP contribution in [0.15, 0.2) is 60.0 Å². The van der Waals surface area contributed by atoms with Crippen molar-refractivity contribution in [1.82, 2.24) is 19.9 Å². The van der Waals surface area contributed by atoms with Crippen molar-refractivity contribution in [2.45, 2.75) is 23.8 Å². The van der Waals surface area contributed by atoms with E-state index in [1.807, 2.05) is 30.2 Å². The number of nitrogens with one attached hydrogen (secondary N) is 1. The van der Waals surface area contributed by atoms with Gasteiger partial charge in [0.05, 0.1) is 10.9 Å². The quantitative estimate of drug-likeness (QED) is 0.520. The summed E-state index contributed by atoms with van der Waals surface area (Å²) in [4.78, 5) is 20.1. The van der Waals surface area contributed by atoms with Gasteiger partial charge in [-0.3, -0.25) is 4.98 Å². The molecular weight excluding hydrogens is 354 g/mol. The molecule has 1 saturated carbocycles. The fourth-order valence-electron chi connectivity index (χ4n) is 3.81. The maximum atomic E-state index is 4.56. The van der Waals surface area contributed by atoms with Gasteiger partial charge in [0.2, 0.25) is 0 Å². The number of benzene rings is 1. The van der Waals surface area contributed by atoms with Crippen LogP contribution in [-0.4, -0.2) is 38.8 Å². The Morgan fingerprint density at radius 2 is 2.04 bits per heavy atom. The van der Waals surface area contributed by atoms with E-state index in [1.54, 1.807) is 6.33 Å². The smallest absolute Gasteiger partial charge is 0.142 e. The molecule has 5 nitrogen and oxygen atoms in total. The van der Waals surface area contributed by atoms with Crippen LogP contribution in [0, 0.1) is 5.92 Å². The topological polar surface area (TPSA) is 57.7 Å². The molecule has 4 aromatic rings. The summed E-state index contributed by atoms with van der Waals surface area (Å²) < 4.78 is 0. The molecule has 0 spiro atoms. The highest BCUT2D eigenvalue weighted by Crippen LogP contribution is 2.38. The van der Waals surface area contributed by atoms with E-state index in [0.717, 1.165) is 34.0 Å². The second kappa shape index (κ2) is 6.85. The highest BCUT2D eigenvalue weighted by Gasteiger charge is 2.33. The minimum Gasteiger partial charge on any atom is -0.356 e. The molecule has 0 aliphatic heterocycles. The summed E-state index contributed by atoms with van der Waals surface area (Å²) in [6.45, 7) is 0. The van der Waals surface area contributed by atoms with Crippen LogP contribution >= 0.6 is 11.8 Å². The number of hydrogen-bond donors (Lipinski definition) is 1. The Labute approximate surface area is 162 Å². The number of pyridine rings is 1. The van der Waals surface area contributed by atoms with Crippen molar-refractivity contribution in [3.63, 3.8) is 0 Å². The number of thioether (sulfide) groups is 1. The van der Waals surface area contributed by atoms with Gasteiger partial charge in [-0.1, -0.05) is 18.2 Å². The van der Waals surface area contributed by atoms with Crippen LogP contribution in [0.1, 0.15) is 12.8 Å². The highest BCUT2D eigenvalue weighted by molar-refractivity contribution is 7.99. The van der Waals surface area contributed by atoms with Gasteiger partial charge in [0, 0.05) is 41.5 Å². The molecule has 1 aliphatic rings. The Kier molecular flexibility index (Phi) is 4.20. The van der Waals surface area contributed by atoms with Gasteiger partial charge < -0.3 is 9.88 Å². The predicted molar refractivity (Wildman–Crippen MR) is 111 cm³/mol. The molecule has 1 fully saturated rings. The Morgan fingerprint density at radius 3 is 2.96 bits per heavy atom. The molecule has 1 N–H and O–H groups in total. The largest absolute Gasteiger partial charge is 0.356 e. The first-order valence-corrected chi connectivity index (χ1v) is 10.2. The molecule has 6 heteroatoms. The van der Waals surface area contributed by atoms with Crippen LogP contribution in [-0.2, 0) is 0 Å². The van der Waals surface area contributed by atoms with Gasteiger partial charge in [-0.25, -0.2) is 9.97 Å². The van der Waals surface area contributed by atoms with Gasteiger partial charge in [-0.2, -0.15) is 0 Å². The third-order valence-corrected chi connectivity index (χ3v) is 6.67. The maximum Gasteiger partial charge on any atom is 0.142 e. The molecule has 1 aliphatic carbocycles. The van der Waals surface area contributed by atoms with E-state index < -0.39 is 0 Å². The summed E-state index contributed by atoms with van der Waals surface area (Å²) >= 11 is 1.92. The average molecular weight is 376 g/mol. The van der Waals surface area contributed by atoms with Gasteiger partial charge in [0.1, 0.15) is 17.8 Å². The molecule has 3 heterocycles. The van der Waals surface area contributed by atoms with Gasteiger partial charge >= 0.3 is 0 Å². The maximum absolute atomic E-state index is 4.56. The van der Waals surface area contributed by atoms with Crippen molar-refractivity contribution in [1.29, 1.82) is 0 Å². The second-order valence-corrected chi connectivity index (χ2v) is 8.31. The molecule has 0 saturated heterocycles. The lowest BCUT2D eigenvalue weighted by Gasteiger charge is -2.41. The van der Waals surface area contributed by atoms with Crippen molar-refractivity contribution >= 4 is 39.5 Å². The normalized spacial score (nSPS) is 19.3. The molecule has 136 valence electrons. The molecule has 1 aromatic carbocycles. The summed E-state index contributed by atoms with van der Waals surface area (Å²) in [5.41, 5.74) is 1.97. The average Bonchev–Trinajstić information content (AvgIpc) is 3.15. The lowest BCUT2D eigenvalue weighted by Crippen LogP contribution is -2.43. The van der Waals surface area contributed by atoms with E-state index in [1.165, 1.54) is 23.1 Å². The van der Waals surface area contributed by atoms with Crippen LogP contribution < -0.4 is 4.90 Å². The predicted octanol–water partition coefficient (Wildman–Crippen LogP) is 4.51. The third kappa shape index (κ3) is 3.14. The van der Waals surface area contributed by atoms with Gasteiger partial charge in [-0.05, 0) is 37.0 Å². The number of hydrogen-bond acceptors (Lipinski definition) is 5. The lowest BCUT2D eigenvalue weighted by atomic mass is 9.81. The highest BCUT2D eigenvalue weighted by atomic mass is 32.2. The van der Waals surface area contributed by atoms with Gasteiger partial charge in [-0.15, -0.1) is 11.8 Å². The molecule has 5 rings (SSSR count). The monoisotopic (exact) mass is 375 g/mol. The SMILES string of the molecule is CN(c1ncnc2[nH]ccc12)C1CC(CSc2cnc3ccccc3c2)C1. The third-order valence-electron chi connectivity index (χ3n) is 5.48. The van der Waals surface area contributed by atoms with E-state index in [-0.39, 0.29) is 0 Å². The first kappa shape index (κ1) is 16.6. The van der Waals surface area contributed by atoms with Crippen molar-refractivity contribution < 1.29 is 0 Å². The number of H-pyrrole nitrogens is 1. The summed E-state index contributed by atoms with van der Waals surface area (Å²) in [5.74, 6) is 2.92. The molecule has 27 heavy (non-hydrogen) atoms. The van der Waals surface area contributed by atoms with Crippen molar-refractivity contribution in [3.05, 3.63) is 55.1 Å². The molecular formula is C21H21N5S. The van der Waals surface area contributed by atoms with E-state index in [2.05, 4.69) is 62.2 Å². The second-order valence-electron chi connectivity index (χ2n) is 7.21. The first-order chi connectivity index (χ1) is 13.3. The van der Waals surface area contributed by atoms with Crippen molar-refractivity contribution in [2.24, 2.45) is 5.92 Å². The Hall–Kier alpha value is -2.60. The first-order valence-electron chi connectivity index (χ1n) is 9.26. The van der Waals surface area contributed by atoms with Crippen LogP contribution in [0.5, 0.6) is 0 Å². The molecule has 0 bridgehead atoms.